The normalized spacial score (nSPS) is 10.7. The summed E-state index contributed by atoms with van der Waals surface area (Å²) in [5, 5.41) is 10.9. The molecule has 0 aliphatic rings. The number of rotatable bonds is 6. The van der Waals surface area contributed by atoms with Gasteiger partial charge < -0.3 is 10.3 Å². The molecule has 0 aromatic carbocycles. The lowest BCUT2D eigenvalue weighted by Crippen LogP contribution is -2.17. The van der Waals surface area contributed by atoms with E-state index in [1.807, 2.05) is 17.1 Å². The average Bonchev–Trinajstić information content (AvgIpc) is 2.88. The molecule has 2 aromatic heterocycles. The Morgan fingerprint density at radius 3 is 3.13 bits per heavy atom. The first-order valence-corrected chi connectivity index (χ1v) is 4.98. The van der Waals surface area contributed by atoms with E-state index >= 15 is 0 Å². The molecular weight excluding hydrogens is 192 g/mol. The zero-order chi connectivity index (χ0) is 10.3. The van der Waals surface area contributed by atoms with E-state index in [1.165, 1.54) is 0 Å². The van der Waals surface area contributed by atoms with Crippen molar-refractivity contribution in [3.63, 3.8) is 0 Å². The molecule has 0 aliphatic carbocycles. The van der Waals surface area contributed by atoms with Crippen LogP contribution in [0.25, 0.3) is 0 Å². The van der Waals surface area contributed by atoms with Gasteiger partial charge in [-0.15, -0.1) is 5.10 Å². The standard InChI is InChI=1S/C9H14N6/c1(6-15-7-5-13-14-15)2-10-8-9-11-3-4-12-9/h3-5,7,10H,1-2,6,8H2,(H,11,12). The molecular formula is C9H14N6. The van der Waals surface area contributed by atoms with Gasteiger partial charge in [-0.3, -0.25) is 4.68 Å². The number of nitrogens with one attached hydrogen (secondary N) is 2. The molecule has 0 saturated carbocycles. The molecule has 15 heavy (non-hydrogen) atoms. The Bertz CT molecular complexity index is 316. The number of nitrogens with zero attached hydrogens (tertiary/aromatic N) is 4. The third-order valence-corrected chi connectivity index (χ3v) is 2.06. The minimum atomic E-state index is 0.782. The van der Waals surface area contributed by atoms with Crippen molar-refractivity contribution in [3.05, 3.63) is 30.6 Å². The summed E-state index contributed by atoms with van der Waals surface area (Å²) < 4.78 is 1.83. The second kappa shape index (κ2) is 5.26. The van der Waals surface area contributed by atoms with Gasteiger partial charge in [0.25, 0.3) is 0 Å². The van der Waals surface area contributed by atoms with Gasteiger partial charge >= 0.3 is 0 Å². The van der Waals surface area contributed by atoms with Crippen LogP contribution in [-0.2, 0) is 13.1 Å². The molecule has 80 valence electrons. The first-order valence-electron chi connectivity index (χ1n) is 4.98. The quantitative estimate of drug-likeness (QED) is 0.661. The third kappa shape index (κ3) is 3.17. The van der Waals surface area contributed by atoms with E-state index in [0.29, 0.717) is 0 Å². The monoisotopic (exact) mass is 206 g/mol. The van der Waals surface area contributed by atoms with Crippen LogP contribution in [0.4, 0.5) is 0 Å². The molecule has 6 heteroatoms. The molecule has 0 unspecified atom stereocenters. The van der Waals surface area contributed by atoms with E-state index in [0.717, 1.165) is 31.9 Å². The van der Waals surface area contributed by atoms with Gasteiger partial charge in [-0.25, -0.2) is 4.98 Å². The lowest BCUT2D eigenvalue weighted by Gasteiger charge is -2.02. The number of aromatic nitrogens is 5. The van der Waals surface area contributed by atoms with Crippen molar-refractivity contribution in [1.82, 2.24) is 30.3 Å². The average molecular weight is 206 g/mol. The molecule has 6 nitrogen and oxygen atoms in total. The Hall–Kier alpha value is -1.69. The zero-order valence-corrected chi connectivity index (χ0v) is 8.43. The topological polar surface area (TPSA) is 71.4 Å². The van der Waals surface area contributed by atoms with Gasteiger partial charge in [0.05, 0.1) is 12.7 Å². The van der Waals surface area contributed by atoms with E-state index in [9.17, 15) is 0 Å². The van der Waals surface area contributed by atoms with Crippen LogP contribution in [0.5, 0.6) is 0 Å². The molecule has 0 saturated heterocycles. The number of aryl methyl sites for hydroxylation is 1. The van der Waals surface area contributed by atoms with Crippen molar-refractivity contribution in [2.75, 3.05) is 6.54 Å². The van der Waals surface area contributed by atoms with Crippen molar-refractivity contribution in [2.24, 2.45) is 0 Å². The van der Waals surface area contributed by atoms with Crippen LogP contribution in [0.3, 0.4) is 0 Å². The van der Waals surface area contributed by atoms with E-state index < -0.39 is 0 Å². The maximum Gasteiger partial charge on any atom is 0.120 e. The van der Waals surface area contributed by atoms with Gasteiger partial charge in [-0.05, 0) is 13.0 Å². The van der Waals surface area contributed by atoms with E-state index in [4.69, 9.17) is 0 Å². The first kappa shape index (κ1) is 9.85. The summed E-state index contributed by atoms with van der Waals surface area (Å²) in [5.74, 6) is 0.968. The number of hydrogen-bond acceptors (Lipinski definition) is 4. The molecule has 2 N–H and O–H groups in total. The van der Waals surface area contributed by atoms with Gasteiger partial charge in [0.1, 0.15) is 5.82 Å². The lowest BCUT2D eigenvalue weighted by molar-refractivity contribution is 0.527. The zero-order valence-electron chi connectivity index (χ0n) is 8.43. The minimum absolute atomic E-state index is 0.782. The molecule has 0 amide bonds. The Kier molecular flexibility index (Phi) is 3.45. The van der Waals surface area contributed by atoms with E-state index in [1.54, 1.807) is 12.4 Å². The summed E-state index contributed by atoms with van der Waals surface area (Å²) in [6.45, 7) is 2.62. The highest BCUT2D eigenvalue weighted by Crippen LogP contribution is 1.89. The van der Waals surface area contributed by atoms with Crippen LogP contribution in [0.15, 0.2) is 24.8 Å². The molecule has 0 spiro atoms. The number of hydrogen-bond donors (Lipinski definition) is 2. The minimum Gasteiger partial charge on any atom is -0.348 e. The van der Waals surface area contributed by atoms with Crippen LogP contribution in [0, 0.1) is 0 Å². The van der Waals surface area contributed by atoms with Gasteiger partial charge in [-0.1, -0.05) is 5.21 Å². The summed E-state index contributed by atoms with van der Waals surface area (Å²) in [6, 6.07) is 0. The second-order valence-corrected chi connectivity index (χ2v) is 3.23. The van der Waals surface area contributed by atoms with Crippen LogP contribution >= 0.6 is 0 Å². The first-order chi connectivity index (χ1) is 7.45. The molecule has 0 radical (unpaired) electrons. The highest BCUT2D eigenvalue weighted by molar-refractivity contribution is 4.85. The Balaban J connectivity index is 1.56. The number of aromatic amines is 1. The summed E-state index contributed by atoms with van der Waals surface area (Å²) in [4.78, 5) is 7.16. The smallest absolute Gasteiger partial charge is 0.120 e. The summed E-state index contributed by atoms with van der Waals surface area (Å²) in [5.41, 5.74) is 0. The van der Waals surface area contributed by atoms with Crippen molar-refractivity contribution < 1.29 is 0 Å². The molecule has 0 fully saturated rings. The van der Waals surface area contributed by atoms with Crippen LogP contribution < -0.4 is 5.32 Å². The molecule has 2 aromatic rings. The van der Waals surface area contributed by atoms with Crippen molar-refractivity contribution >= 4 is 0 Å². The highest BCUT2D eigenvalue weighted by Gasteiger charge is 1.94. The van der Waals surface area contributed by atoms with E-state index in [2.05, 4.69) is 25.6 Å². The van der Waals surface area contributed by atoms with Crippen LogP contribution in [0.1, 0.15) is 12.2 Å². The van der Waals surface area contributed by atoms with Crippen molar-refractivity contribution in [3.8, 4) is 0 Å². The van der Waals surface area contributed by atoms with Crippen LogP contribution in [0.2, 0.25) is 0 Å². The summed E-state index contributed by atoms with van der Waals surface area (Å²) in [6.07, 6.45) is 8.17. The maximum atomic E-state index is 4.12. The Morgan fingerprint density at radius 2 is 2.40 bits per heavy atom. The Morgan fingerprint density at radius 1 is 1.40 bits per heavy atom. The SMILES string of the molecule is c1cn(CCCNCc2ncc[nH]2)nn1. The fourth-order valence-electron chi connectivity index (χ4n) is 1.32. The maximum absolute atomic E-state index is 4.12. The molecule has 0 aliphatic heterocycles. The van der Waals surface area contributed by atoms with Gasteiger partial charge in [-0.2, -0.15) is 0 Å². The molecule has 2 rings (SSSR count). The fraction of sp³-hybridized carbons (Fsp3) is 0.444. The van der Waals surface area contributed by atoms with Crippen LogP contribution in [-0.4, -0.2) is 31.5 Å². The number of H-pyrrole nitrogens is 1. The third-order valence-electron chi connectivity index (χ3n) is 2.06. The predicted molar refractivity (Wildman–Crippen MR) is 54.9 cm³/mol. The van der Waals surface area contributed by atoms with Gasteiger partial charge in [0.2, 0.25) is 0 Å². The Labute approximate surface area is 87.7 Å². The highest BCUT2D eigenvalue weighted by atomic mass is 15.4. The lowest BCUT2D eigenvalue weighted by atomic mass is 10.4. The number of imidazole rings is 1. The second-order valence-electron chi connectivity index (χ2n) is 3.23. The predicted octanol–water partition coefficient (Wildman–Crippen LogP) is 0.181. The molecule has 0 bridgehead atoms. The van der Waals surface area contributed by atoms with Crippen molar-refractivity contribution in [1.29, 1.82) is 0 Å². The molecule has 0 atom stereocenters. The van der Waals surface area contributed by atoms with Crippen molar-refractivity contribution in [2.45, 2.75) is 19.5 Å². The van der Waals surface area contributed by atoms with Gasteiger partial charge in [0.15, 0.2) is 0 Å². The summed E-state index contributed by atoms with van der Waals surface area (Å²) in [7, 11) is 0. The van der Waals surface area contributed by atoms with E-state index in [-0.39, 0.29) is 0 Å². The van der Waals surface area contributed by atoms with Gasteiger partial charge in [0, 0.05) is 25.1 Å². The summed E-state index contributed by atoms with van der Waals surface area (Å²) >= 11 is 0. The largest absolute Gasteiger partial charge is 0.348 e. The molecule has 2 heterocycles. The fourth-order valence-corrected chi connectivity index (χ4v) is 1.32.